The van der Waals surface area contributed by atoms with E-state index < -0.39 is 0 Å². The summed E-state index contributed by atoms with van der Waals surface area (Å²) < 4.78 is 10.4. The first-order valence-corrected chi connectivity index (χ1v) is 6.28. The Morgan fingerprint density at radius 3 is 2.73 bits per heavy atom. The molecule has 0 amide bonds. The van der Waals surface area contributed by atoms with Gasteiger partial charge in [0, 0.05) is 11.2 Å². The summed E-state index contributed by atoms with van der Waals surface area (Å²) >= 11 is 7.39. The molecule has 15 heavy (non-hydrogen) atoms. The Labute approximate surface area is 97.7 Å². The molecule has 1 N–H and O–H groups in total. The van der Waals surface area contributed by atoms with E-state index in [9.17, 15) is 5.11 Å². The summed E-state index contributed by atoms with van der Waals surface area (Å²) in [6, 6.07) is 3.62. The summed E-state index contributed by atoms with van der Waals surface area (Å²) in [6.07, 6.45) is 0. The van der Waals surface area contributed by atoms with E-state index in [2.05, 4.69) is 0 Å². The van der Waals surface area contributed by atoms with Gasteiger partial charge in [0.05, 0.1) is 25.6 Å². The maximum Gasteiger partial charge on any atom is 0.193 e. The molecule has 1 aromatic heterocycles. The molecule has 1 aromatic rings. The van der Waals surface area contributed by atoms with Crippen LogP contribution in [0.15, 0.2) is 16.5 Å². The van der Waals surface area contributed by atoms with Crippen molar-refractivity contribution in [2.45, 2.75) is 5.75 Å². The average Bonchev–Trinajstić information content (AvgIpc) is 2.56. The maximum atomic E-state index is 9.20. The third kappa shape index (κ3) is 2.69. The van der Waals surface area contributed by atoms with Crippen molar-refractivity contribution in [2.24, 2.45) is 5.41 Å². The smallest absolute Gasteiger partial charge is 0.193 e. The highest BCUT2D eigenvalue weighted by Crippen LogP contribution is 2.32. The first kappa shape index (κ1) is 11.3. The molecule has 1 saturated heterocycles. The van der Waals surface area contributed by atoms with Crippen LogP contribution >= 0.6 is 23.4 Å². The van der Waals surface area contributed by atoms with Gasteiger partial charge < -0.3 is 14.3 Å². The lowest BCUT2D eigenvalue weighted by Gasteiger charge is -2.39. The van der Waals surface area contributed by atoms with Gasteiger partial charge in [-0.05, 0) is 23.7 Å². The van der Waals surface area contributed by atoms with Crippen molar-refractivity contribution in [1.29, 1.82) is 0 Å². The van der Waals surface area contributed by atoms with Crippen LogP contribution in [0.2, 0.25) is 5.22 Å². The molecule has 0 saturated carbocycles. The highest BCUT2D eigenvalue weighted by Gasteiger charge is 2.37. The SMILES string of the molecule is OCC1(CSCc2ccc(Cl)o2)COC1. The minimum Gasteiger partial charge on any atom is -0.449 e. The lowest BCUT2D eigenvalue weighted by atomic mass is 9.90. The number of halogens is 1. The molecule has 1 aliphatic heterocycles. The molecule has 0 atom stereocenters. The first-order valence-electron chi connectivity index (χ1n) is 4.75. The zero-order valence-corrected chi connectivity index (χ0v) is 9.81. The number of aliphatic hydroxyl groups is 1. The molecule has 5 heteroatoms. The van der Waals surface area contributed by atoms with E-state index in [1.54, 1.807) is 17.8 Å². The summed E-state index contributed by atoms with van der Waals surface area (Å²) in [4.78, 5) is 0. The van der Waals surface area contributed by atoms with Crippen LogP contribution in [0.25, 0.3) is 0 Å². The third-order valence-corrected chi connectivity index (χ3v) is 3.94. The van der Waals surface area contributed by atoms with Gasteiger partial charge in [0.25, 0.3) is 0 Å². The Morgan fingerprint density at radius 1 is 1.47 bits per heavy atom. The molecular formula is C10H13ClO3S. The first-order chi connectivity index (χ1) is 7.24. The molecule has 0 radical (unpaired) electrons. The molecule has 0 aliphatic carbocycles. The minimum atomic E-state index is -0.0267. The van der Waals surface area contributed by atoms with Gasteiger partial charge in [-0.2, -0.15) is 11.8 Å². The standard InChI is InChI=1S/C10H13ClO3S/c11-9-2-1-8(14-9)3-15-7-10(4-12)5-13-6-10/h1-2,12H,3-7H2. The number of ether oxygens (including phenoxy) is 1. The van der Waals surface area contributed by atoms with Gasteiger partial charge in [-0.3, -0.25) is 0 Å². The van der Waals surface area contributed by atoms with Gasteiger partial charge in [-0.1, -0.05) is 0 Å². The number of hydrogen-bond donors (Lipinski definition) is 1. The fourth-order valence-electron chi connectivity index (χ4n) is 1.41. The molecular weight excluding hydrogens is 236 g/mol. The quantitative estimate of drug-likeness (QED) is 0.867. The van der Waals surface area contributed by atoms with Gasteiger partial charge in [-0.25, -0.2) is 0 Å². The highest BCUT2D eigenvalue weighted by atomic mass is 35.5. The summed E-state index contributed by atoms with van der Waals surface area (Å²) in [5.74, 6) is 2.55. The van der Waals surface area contributed by atoms with E-state index in [0.29, 0.717) is 18.4 Å². The lowest BCUT2D eigenvalue weighted by Crippen LogP contribution is -2.47. The van der Waals surface area contributed by atoms with Crippen LogP contribution in [0.3, 0.4) is 0 Å². The molecule has 0 bridgehead atoms. The van der Waals surface area contributed by atoms with E-state index in [1.165, 1.54) is 0 Å². The second kappa shape index (κ2) is 4.78. The van der Waals surface area contributed by atoms with Crippen molar-refractivity contribution >= 4 is 23.4 Å². The normalized spacial score (nSPS) is 18.8. The van der Waals surface area contributed by atoms with Crippen LogP contribution in [-0.2, 0) is 10.5 Å². The van der Waals surface area contributed by atoms with Crippen molar-refractivity contribution in [1.82, 2.24) is 0 Å². The van der Waals surface area contributed by atoms with Crippen molar-refractivity contribution in [2.75, 3.05) is 25.6 Å². The van der Waals surface area contributed by atoms with E-state index in [1.807, 2.05) is 6.07 Å². The van der Waals surface area contributed by atoms with Gasteiger partial charge in [0.1, 0.15) is 5.76 Å². The fraction of sp³-hybridized carbons (Fsp3) is 0.600. The Morgan fingerprint density at radius 2 is 2.27 bits per heavy atom. The maximum absolute atomic E-state index is 9.20. The van der Waals surface area contributed by atoms with Crippen molar-refractivity contribution in [3.8, 4) is 0 Å². The summed E-state index contributed by atoms with van der Waals surface area (Å²) in [6.45, 7) is 1.52. The number of hydrogen-bond acceptors (Lipinski definition) is 4. The van der Waals surface area contributed by atoms with Crippen molar-refractivity contribution < 1.29 is 14.3 Å². The molecule has 0 aromatic carbocycles. The Bertz CT molecular complexity index is 317. The monoisotopic (exact) mass is 248 g/mol. The Hall–Kier alpha value is -0.160. The van der Waals surface area contributed by atoms with E-state index in [4.69, 9.17) is 20.8 Å². The summed E-state index contributed by atoms with van der Waals surface area (Å²) in [5.41, 5.74) is -0.0267. The predicted octanol–water partition coefficient (Wildman–Crippen LogP) is 2.18. The molecule has 2 rings (SSSR count). The van der Waals surface area contributed by atoms with Gasteiger partial charge in [-0.15, -0.1) is 0 Å². The zero-order valence-electron chi connectivity index (χ0n) is 8.24. The van der Waals surface area contributed by atoms with Crippen molar-refractivity contribution in [3.05, 3.63) is 23.1 Å². The second-order valence-electron chi connectivity index (χ2n) is 3.85. The van der Waals surface area contributed by atoms with Crippen LogP contribution in [-0.4, -0.2) is 30.7 Å². The number of aliphatic hydroxyl groups excluding tert-OH is 1. The highest BCUT2D eigenvalue weighted by molar-refractivity contribution is 7.98. The summed E-state index contributed by atoms with van der Waals surface area (Å²) in [7, 11) is 0. The van der Waals surface area contributed by atoms with Gasteiger partial charge >= 0.3 is 0 Å². The van der Waals surface area contributed by atoms with Crippen LogP contribution < -0.4 is 0 Å². The van der Waals surface area contributed by atoms with Crippen LogP contribution in [0.1, 0.15) is 5.76 Å². The summed E-state index contributed by atoms with van der Waals surface area (Å²) in [5, 5.41) is 9.63. The largest absolute Gasteiger partial charge is 0.449 e. The minimum absolute atomic E-state index is 0.0267. The molecule has 1 fully saturated rings. The Balaban J connectivity index is 1.74. The molecule has 84 valence electrons. The van der Waals surface area contributed by atoms with E-state index in [-0.39, 0.29) is 12.0 Å². The van der Waals surface area contributed by atoms with Crippen LogP contribution in [0.5, 0.6) is 0 Å². The van der Waals surface area contributed by atoms with Crippen molar-refractivity contribution in [3.63, 3.8) is 0 Å². The second-order valence-corrected chi connectivity index (χ2v) is 5.21. The van der Waals surface area contributed by atoms with E-state index >= 15 is 0 Å². The van der Waals surface area contributed by atoms with Gasteiger partial charge in [0.15, 0.2) is 5.22 Å². The van der Waals surface area contributed by atoms with Gasteiger partial charge in [0.2, 0.25) is 0 Å². The molecule has 3 nitrogen and oxygen atoms in total. The van der Waals surface area contributed by atoms with Crippen LogP contribution in [0.4, 0.5) is 0 Å². The van der Waals surface area contributed by atoms with Crippen LogP contribution in [0, 0.1) is 5.41 Å². The Kier molecular flexibility index (Phi) is 3.61. The zero-order chi connectivity index (χ0) is 10.7. The number of thioether (sulfide) groups is 1. The number of furan rings is 1. The molecule has 0 unspecified atom stereocenters. The fourth-order valence-corrected chi connectivity index (χ4v) is 2.72. The van der Waals surface area contributed by atoms with E-state index in [0.717, 1.165) is 17.3 Å². The topological polar surface area (TPSA) is 42.6 Å². The third-order valence-electron chi connectivity index (χ3n) is 2.43. The molecule has 1 aliphatic rings. The molecule has 2 heterocycles. The lowest BCUT2D eigenvalue weighted by molar-refractivity contribution is -0.121. The average molecular weight is 249 g/mol. The predicted molar refractivity (Wildman–Crippen MR) is 60.2 cm³/mol. The number of rotatable bonds is 5. The molecule has 0 spiro atoms.